The number of nitrogens with zero attached hydrogens (tertiary/aromatic N) is 2. The van der Waals surface area contributed by atoms with Crippen LogP contribution in [0.25, 0.3) is 0 Å². The molecule has 0 bridgehead atoms. The van der Waals surface area contributed by atoms with Gasteiger partial charge in [-0.15, -0.1) is 12.4 Å². The number of benzene rings is 1. The summed E-state index contributed by atoms with van der Waals surface area (Å²) in [6.07, 6.45) is 2.43. The van der Waals surface area contributed by atoms with Crippen molar-refractivity contribution >= 4 is 24.0 Å². The summed E-state index contributed by atoms with van der Waals surface area (Å²) in [6.45, 7) is 9.76. The van der Waals surface area contributed by atoms with E-state index in [9.17, 15) is 9.18 Å². The highest BCUT2D eigenvalue weighted by Crippen LogP contribution is 2.35. The topological polar surface area (TPSA) is 32.8 Å². The summed E-state index contributed by atoms with van der Waals surface area (Å²) in [5.74, 6) is 0.198. The summed E-state index contributed by atoms with van der Waals surface area (Å²) < 4.78 is 20.4. The van der Waals surface area contributed by atoms with E-state index in [1.54, 1.807) is 30.0 Å². The molecule has 1 amide bonds. The smallest absolute Gasteiger partial charge is 0.256 e. The second-order valence-electron chi connectivity index (χ2n) is 7.84. The second-order valence-corrected chi connectivity index (χ2v) is 7.84. The molecule has 6 heteroatoms. The maximum absolute atomic E-state index is 14.2. The Morgan fingerprint density at radius 1 is 1.27 bits per heavy atom. The number of hydrogen-bond donors (Lipinski definition) is 0. The van der Waals surface area contributed by atoms with Crippen LogP contribution in [0.3, 0.4) is 0 Å². The van der Waals surface area contributed by atoms with Crippen molar-refractivity contribution in [3.63, 3.8) is 0 Å². The summed E-state index contributed by atoms with van der Waals surface area (Å²) in [7, 11) is 0. The molecule has 1 aromatic carbocycles. The van der Waals surface area contributed by atoms with Crippen molar-refractivity contribution in [2.75, 3.05) is 31.1 Å². The monoisotopic (exact) mass is 384 g/mol. The van der Waals surface area contributed by atoms with Crippen LogP contribution in [0.15, 0.2) is 24.3 Å². The molecule has 1 aromatic rings. The summed E-state index contributed by atoms with van der Waals surface area (Å²) in [5, 5.41) is 0. The number of anilines is 1. The van der Waals surface area contributed by atoms with Gasteiger partial charge in [-0.3, -0.25) is 4.79 Å². The molecular weight excluding hydrogens is 355 g/mol. The number of hydrogen-bond acceptors (Lipinski definition) is 3. The van der Waals surface area contributed by atoms with Gasteiger partial charge < -0.3 is 14.5 Å². The Morgan fingerprint density at radius 3 is 2.54 bits per heavy atom. The van der Waals surface area contributed by atoms with Crippen LogP contribution in [0.1, 0.15) is 40.0 Å². The van der Waals surface area contributed by atoms with E-state index < -0.39 is 6.10 Å². The molecule has 146 valence electrons. The van der Waals surface area contributed by atoms with Crippen LogP contribution < -0.4 is 4.90 Å². The lowest BCUT2D eigenvalue weighted by Crippen LogP contribution is -2.61. The molecule has 0 saturated carbocycles. The highest BCUT2D eigenvalue weighted by molar-refractivity contribution is 5.97. The number of amides is 1. The maximum atomic E-state index is 14.2. The molecule has 1 unspecified atom stereocenters. The number of piperidine rings is 1. The molecule has 1 spiro atoms. The van der Waals surface area contributed by atoms with Crippen molar-refractivity contribution in [2.24, 2.45) is 5.92 Å². The average molecular weight is 385 g/mol. The molecule has 1 atom stereocenters. The fourth-order valence-corrected chi connectivity index (χ4v) is 3.82. The number of ether oxygens (including phenoxy) is 1. The van der Waals surface area contributed by atoms with Crippen LogP contribution in [-0.2, 0) is 9.53 Å². The van der Waals surface area contributed by atoms with Crippen molar-refractivity contribution in [3.8, 4) is 0 Å². The van der Waals surface area contributed by atoms with Gasteiger partial charge in [0.25, 0.3) is 5.91 Å². The first-order valence-electron chi connectivity index (χ1n) is 9.36. The molecule has 2 saturated heterocycles. The lowest BCUT2D eigenvalue weighted by atomic mass is 9.88. The molecule has 3 rings (SSSR count). The Hall–Kier alpha value is -1.17. The van der Waals surface area contributed by atoms with E-state index in [2.05, 4.69) is 18.7 Å². The third kappa shape index (κ3) is 4.56. The summed E-state index contributed by atoms with van der Waals surface area (Å²) in [4.78, 5) is 16.6. The minimum atomic E-state index is -0.532. The highest BCUT2D eigenvalue weighted by Gasteiger charge is 2.46. The van der Waals surface area contributed by atoms with Crippen LogP contribution in [0.2, 0.25) is 0 Å². The first-order valence-corrected chi connectivity index (χ1v) is 9.36. The number of carbonyl (C=O) groups excluding carboxylic acids is 1. The van der Waals surface area contributed by atoms with Gasteiger partial charge in [-0.05, 0) is 50.8 Å². The van der Waals surface area contributed by atoms with Gasteiger partial charge >= 0.3 is 0 Å². The quantitative estimate of drug-likeness (QED) is 0.789. The molecule has 26 heavy (non-hydrogen) atoms. The Labute approximate surface area is 162 Å². The van der Waals surface area contributed by atoms with Crippen LogP contribution >= 0.6 is 12.4 Å². The zero-order chi connectivity index (χ0) is 18.0. The Kier molecular flexibility index (Phi) is 7.05. The van der Waals surface area contributed by atoms with E-state index in [0.717, 1.165) is 32.5 Å². The molecule has 0 N–H and O–H groups in total. The van der Waals surface area contributed by atoms with Crippen molar-refractivity contribution in [2.45, 2.75) is 51.7 Å². The van der Waals surface area contributed by atoms with Gasteiger partial charge in [0.05, 0.1) is 17.8 Å². The standard InChI is InChI=1S/C20H29FN2O2.ClH/c1-15(2)8-11-22-12-9-20(10-13-22)14-23(19(24)16(3)25-20)18-7-5-4-6-17(18)21;/h4-7,15-16H,8-14H2,1-3H3;1H. The summed E-state index contributed by atoms with van der Waals surface area (Å²) in [5.41, 5.74) is 0.00785. The van der Waals surface area contributed by atoms with E-state index in [0.29, 0.717) is 18.2 Å². The fraction of sp³-hybridized carbons (Fsp3) is 0.650. The van der Waals surface area contributed by atoms with Crippen LogP contribution in [0.5, 0.6) is 0 Å². The van der Waals surface area contributed by atoms with E-state index in [-0.39, 0.29) is 29.7 Å². The Morgan fingerprint density at radius 2 is 1.92 bits per heavy atom. The molecule has 0 radical (unpaired) electrons. The van der Waals surface area contributed by atoms with Gasteiger partial charge in [-0.2, -0.15) is 0 Å². The van der Waals surface area contributed by atoms with Gasteiger partial charge in [0.15, 0.2) is 0 Å². The number of morpholine rings is 1. The normalized spacial score (nSPS) is 23.3. The Balaban J connectivity index is 0.00000243. The molecule has 4 nitrogen and oxygen atoms in total. The van der Waals surface area contributed by atoms with Gasteiger partial charge in [-0.1, -0.05) is 26.0 Å². The number of likely N-dealkylation sites (tertiary alicyclic amines) is 1. The Bertz CT molecular complexity index is 618. The molecule has 0 aliphatic carbocycles. The van der Waals surface area contributed by atoms with E-state index >= 15 is 0 Å². The molecule has 2 heterocycles. The molecule has 2 fully saturated rings. The van der Waals surface area contributed by atoms with E-state index in [1.165, 1.54) is 12.5 Å². The van der Waals surface area contributed by atoms with Gasteiger partial charge in [-0.25, -0.2) is 4.39 Å². The van der Waals surface area contributed by atoms with Gasteiger partial charge in [0.1, 0.15) is 11.9 Å². The maximum Gasteiger partial charge on any atom is 0.256 e. The first-order chi connectivity index (χ1) is 11.9. The highest BCUT2D eigenvalue weighted by atomic mass is 35.5. The number of halogens is 2. The van der Waals surface area contributed by atoms with Gasteiger partial charge in [0, 0.05) is 13.1 Å². The van der Waals surface area contributed by atoms with Crippen molar-refractivity contribution < 1.29 is 13.9 Å². The van der Waals surface area contributed by atoms with Crippen LogP contribution in [0, 0.1) is 11.7 Å². The van der Waals surface area contributed by atoms with Crippen molar-refractivity contribution in [1.82, 2.24) is 4.90 Å². The largest absolute Gasteiger partial charge is 0.360 e. The van der Waals surface area contributed by atoms with Crippen LogP contribution in [-0.4, -0.2) is 48.7 Å². The second kappa shape index (κ2) is 8.68. The predicted octanol–water partition coefficient (Wildman–Crippen LogP) is 3.88. The number of rotatable bonds is 4. The molecule has 2 aliphatic heterocycles. The van der Waals surface area contributed by atoms with E-state index in [4.69, 9.17) is 4.74 Å². The number of carbonyl (C=O) groups is 1. The lowest BCUT2D eigenvalue weighted by molar-refractivity contribution is -0.161. The third-order valence-corrected chi connectivity index (χ3v) is 5.42. The zero-order valence-electron chi connectivity index (χ0n) is 15.9. The fourth-order valence-electron chi connectivity index (χ4n) is 3.82. The minimum Gasteiger partial charge on any atom is -0.360 e. The average Bonchev–Trinajstić information content (AvgIpc) is 2.58. The SMILES string of the molecule is CC(C)CCN1CCC2(CC1)CN(c1ccccc1F)C(=O)C(C)O2.Cl. The summed E-state index contributed by atoms with van der Waals surface area (Å²) >= 11 is 0. The third-order valence-electron chi connectivity index (χ3n) is 5.42. The lowest BCUT2D eigenvalue weighted by Gasteiger charge is -2.49. The first kappa shape index (κ1) is 21.1. The van der Waals surface area contributed by atoms with E-state index in [1.807, 2.05) is 0 Å². The minimum absolute atomic E-state index is 0. The number of para-hydroxylation sites is 1. The van der Waals surface area contributed by atoms with Crippen LogP contribution in [0.4, 0.5) is 10.1 Å². The van der Waals surface area contributed by atoms with Crippen molar-refractivity contribution in [1.29, 1.82) is 0 Å². The molecule has 0 aromatic heterocycles. The predicted molar refractivity (Wildman–Crippen MR) is 104 cm³/mol. The summed E-state index contributed by atoms with van der Waals surface area (Å²) in [6, 6.07) is 6.50. The van der Waals surface area contributed by atoms with Crippen molar-refractivity contribution in [3.05, 3.63) is 30.1 Å². The molecule has 2 aliphatic rings. The zero-order valence-corrected chi connectivity index (χ0v) is 16.7. The molecular formula is C20H30ClFN2O2. The van der Waals surface area contributed by atoms with Gasteiger partial charge in [0.2, 0.25) is 0 Å².